The number of H-pyrrole nitrogens is 1. The van der Waals surface area contributed by atoms with Gasteiger partial charge in [0, 0.05) is 13.0 Å². The highest BCUT2D eigenvalue weighted by Crippen LogP contribution is 2.15. The van der Waals surface area contributed by atoms with Crippen LogP contribution in [-0.4, -0.2) is 42.2 Å². The molecule has 2 amide bonds. The van der Waals surface area contributed by atoms with E-state index >= 15 is 0 Å². The van der Waals surface area contributed by atoms with E-state index in [1.807, 2.05) is 25.1 Å². The quantitative estimate of drug-likeness (QED) is 0.641. The molecule has 0 saturated carbocycles. The molecule has 0 aliphatic heterocycles. The van der Waals surface area contributed by atoms with Gasteiger partial charge in [-0.05, 0) is 37.5 Å². The summed E-state index contributed by atoms with van der Waals surface area (Å²) in [5.41, 5.74) is 3.15. The van der Waals surface area contributed by atoms with E-state index in [4.69, 9.17) is 0 Å². The number of carbonyl (C=O) groups excluding carboxylic acids is 2. The van der Waals surface area contributed by atoms with E-state index in [1.54, 1.807) is 0 Å². The lowest BCUT2D eigenvalue weighted by atomic mass is 10.2. The van der Waals surface area contributed by atoms with Crippen molar-refractivity contribution in [3.8, 4) is 0 Å². The van der Waals surface area contributed by atoms with Gasteiger partial charge in [0.15, 0.2) is 0 Å². The second kappa shape index (κ2) is 9.46. The Morgan fingerprint density at radius 2 is 2.12 bits per heavy atom. The number of unbranched alkanes of at least 4 members (excludes halogenated alkanes) is 1. The fraction of sp³-hybridized carbons (Fsp3) is 0.389. The highest BCUT2D eigenvalue weighted by Gasteiger charge is 2.05. The summed E-state index contributed by atoms with van der Waals surface area (Å²) in [6.45, 7) is 2.48. The molecule has 0 aliphatic carbocycles. The summed E-state index contributed by atoms with van der Waals surface area (Å²) in [6, 6.07) is 6.14. The van der Waals surface area contributed by atoms with Gasteiger partial charge >= 0.3 is 6.09 Å². The zero-order valence-corrected chi connectivity index (χ0v) is 14.6. The van der Waals surface area contributed by atoms with Crippen LogP contribution in [0, 0.1) is 0 Å². The largest absolute Gasteiger partial charge is 0.453 e. The molecule has 0 aliphatic rings. The second-order valence-corrected chi connectivity index (χ2v) is 5.61. The molecule has 1 aromatic carbocycles. The first kappa shape index (κ1) is 18.5. The molecule has 0 spiro atoms. The van der Waals surface area contributed by atoms with Crippen molar-refractivity contribution in [1.29, 1.82) is 0 Å². The molecule has 0 fully saturated rings. The number of fused-ring (bicyclic) bond motifs is 1. The second-order valence-electron chi connectivity index (χ2n) is 5.61. The van der Waals surface area contributed by atoms with Crippen LogP contribution in [0.4, 0.5) is 4.79 Å². The third-order valence-electron chi connectivity index (χ3n) is 3.66. The van der Waals surface area contributed by atoms with Crippen molar-refractivity contribution in [2.24, 2.45) is 0 Å². The average molecular weight is 344 g/mol. The Labute approximate surface area is 146 Å². The zero-order chi connectivity index (χ0) is 18.1. The first-order valence-corrected chi connectivity index (χ1v) is 8.32. The van der Waals surface area contributed by atoms with Crippen molar-refractivity contribution < 1.29 is 14.3 Å². The SMILES string of the molecule is C/C=C/c1ccc2nc(CCCCNC(=O)CNC(=O)OC)[nH]c2c1. The molecule has 0 unspecified atom stereocenters. The number of imidazole rings is 1. The van der Waals surface area contributed by atoms with E-state index in [9.17, 15) is 9.59 Å². The molecule has 1 aromatic heterocycles. The van der Waals surface area contributed by atoms with E-state index in [-0.39, 0.29) is 12.5 Å². The van der Waals surface area contributed by atoms with Crippen LogP contribution in [0.3, 0.4) is 0 Å². The molecule has 0 bridgehead atoms. The van der Waals surface area contributed by atoms with E-state index in [1.165, 1.54) is 7.11 Å². The molecule has 1 heterocycles. The standard InChI is InChI=1S/C18H24N4O3/c1-3-6-13-8-9-14-15(11-13)22-16(21-14)7-4-5-10-19-17(23)12-20-18(24)25-2/h3,6,8-9,11H,4-5,7,10,12H2,1-2H3,(H,19,23)(H,20,24)(H,21,22)/b6-3+. The first-order valence-electron chi connectivity index (χ1n) is 8.32. The van der Waals surface area contributed by atoms with Gasteiger partial charge in [0.25, 0.3) is 0 Å². The Morgan fingerprint density at radius 3 is 2.88 bits per heavy atom. The summed E-state index contributed by atoms with van der Waals surface area (Å²) >= 11 is 0. The highest BCUT2D eigenvalue weighted by atomic mass is 16.5. The summed E-state index contributed by atoms with van der Waals surface area (Å²) in [4.78, 5) is 30.3. The highest BCUT2D eigenvalue weighted by molar-refractivity contribution is 5.82. The van der Waals surface area contributed by atoms with Crippen molar-refractivity contribution in [3.63, 3.8) is 0 Å². The maximum atomic E-state index is 11.5. The van der Waals surface area contributed by atoms with Crippen LogP contribution in [0.2, 0.25) is 0 Å². The van der Waals surface area contributed by atoms with Gasteiger partial charge in [-0.25, -0.2) is 9.78 Å². The van der Waals surface area contributed by atoms with Gasteiger partial charge < -0.3 is 20.4 Å². The number of aromatic nitrogens is 2. The van der Waals surface area contributed by atoms with Crippen LogP contribution < -0.4 is 10.6 Å². The van der Waals surface area contributed by atoms with E-state index in [2.05, 4.69) is 37.5 Å². The van der Waals surface area contributed by atoms with Crippen LogP contribution in [0.15, 0.2) is 24.3 Å². The van der Waals surface area contributed by atoms with Crippen molar-refractivity contribution in [1.82, 2.24) is 20.6 Å². The Bertz CT molecular complexity index is 752. The van der Waals surface area contributed by atoms with Crippen LogP contribution >= 0.6 is 0 Å². The molecule has 2 aromatic rings. The number of ether oxygens (including phenoxy) is 1. The van der Waals surface area contributed by atoms with Gasteiger partial charge in [-0.1, -0.05) is 18.2 Å². The van der Waals surface area contributed by atoms with Crippen LogP contribution in [-0.2, 0) is 16.0 Å². The van der Waals surface area contributed by atoms with Crippen LogP contribution in [0.1, 0.15) is 31.2 Å². The van der Waals surface area contributed by atoms with Gasteiger partial charge in [-0.2, -0.15) is 0 Å². The molecule has 134 valence electrons. The Morgan fingerprint density at radius 1 is 1.28 bits per heavy atom. The predicted octanol–water partition coefficient (Wildman–Crippen LogP) is 2.39. The number of nitrogens with one attached hydrogen (secondary N) is 3. The summed E-state index contributed by atoms with van der Waals surface area (Å²) in [7, 11) is 1.26. The minimum absolute atomic E-state index is 0.0786. The normalized spacial score (nSPS) is 11.0. The number of allylic oxidation sites excluding steroid dienone is 1. The number of hydrogen-bond acceptors (Lipinski definition) is 4. The minimum atomic E-state index is -0.613. The number of amides is 2. The smallest absolute Gasteiger partial charge is 0.407 e. The lowest BCUT2D eigenvalue weighted by molar-refractivity contribution is -0.120. The molecule has 7 nitrogen and oxygen atoms in total. The summed E-state index contributed by atoms with van der Waals surface area (Å²) in [5.74, 6) is 0.719. The average Bonchev–Trinajstić information content (AvgIpc) is 3.01. The first-order chi connectivity index (χ1) is 12.1. The fourth-order valence-corrected chi connectivity index (χ4v) is 2.43. The fourth-order valence-electron chi connectivity index (χ4n) is 2.43. The zero-order valence-electron chi connectivity index (χ0n) is 14.6. The van der Waals surface area contributed by atoms with Gasteiger partial charge in [0.2, 0.25) is 5.91 Å². The molecule has 0 atom stereocenters. The molecule has 25 heavy (non-hydrogen) atoms. The lowest BCUT2D eigenvalue weighted by Gasteiger charge is -2.05. The number of rotatable bonds is 8. The van der Waals surface area contributed by atoms with Gasteiger partial charge in [0.1, 0.15) is 5.82 Å². The number of aromatic amines is 1. The number of carbonyl (C=O) groups is 2. The van der Waals surface area contributed by atoms with Gasteiger partial charge in [0.05, 0.1) is 24.7 Å². The molecular weight excluding hydrogens is 320 g/mol. The third kappa shape index (κ3) is 5.95. The number of methoxy groups -OCH3 is 1. The number of alkyl carbamates (subject to hydrolysis) is 1. The van der Waals surface area contributed by atoms with Gasteiger partial charge in [-0.15, -0.1) is 0 Å². The number of aryl methyl sites for hydroxylation is 1. The molecule has 0 saturated heterocycles. The Balaban J connectivity index is 1.70. The molecular formula is C18H24N4O3. The number of nitrogens with zero attached hydrogens (tertiary/aromatic N) is 1. The Kier molecular flexibility index (Phi) is 7.00. The maximum Gasteiger partial charge on any atom is 0.407 e. The monoisotopic (exact) mass is 344 g/mol. The maximum absolute atomic E-state index is 11.5. The minimum Gasteiger partial charge on any atom is -0.453 e. The third-order valence-corrected chi connectivity index (χ3v) is 3.66. The van der Waals surface area contributed by atoms with Crippen molar-refractivity contribution in [2.75, 3.05) is 20.2 Å². The number of hydrogen-bond donors (Lipinski definition) is 3. The summed E-state index contributed by atoms with van der Waals surface area (Å²) in [6.07, 6.45) is 6.02. The molecule has 3 N–H and O–H groups in total. The topological polar surface area (TPSA) is 96.1 Å². The molecule has 7 heteroatoms. The molecule has 2 rings (SSSR count). The van der Waals surface area contributed by atoms with Gasteiger partial charge in [-0.3, -0.25) is 4.79 Å². The Hall–Kier alpha value is -2.83. The summed E-state index contributed by atoms with van der Waals surface area (Å²) < 4.78 is 4.39. The van der Waals surface area contributed by atoms with Crippen molar-refractivity contribution in [3.05, 3.63) is 35.7 Å². The van der Waals surface area contributed by atoms with Crippen LogP contribution in [0.5, 0.6) is 0 Å². The van der Waals surface area contributed by atoms with E-state index < -0.39 is 6.09 Å². The molecule has 0 radical (unpaired) electrons. The van der Waals surface area contributed by atoms with Crippen molar-refractivity contribution >= 4 is 29.1 Å². The predicted molar refractivity (Wildman–Crippen MR) is 97.2 cm³/mol. The number of benzene rings is 1. The van der Waals surface area contributed by atoms with Crippen LogP contribution in [0.25, 0.3) is 17.1 Å². The lowest BCUT2D eigenvalue weighted by Crippen LogP contribution is -2.37. The van der Waals surface area contributed by atoms with E-state index in [0.29, 0.717) is 6.54 Å². The summed E-state index contributed by atoms with van der Waals surface area (Å²) in [5, 5.41) is 5.08. The van der Waals surface area contributed by atoms with Crippen molar-refractivity contribution in [2.45, 2.75) is 26.2 Å². The van der Waals surface area contributed by atoms with E-state index in [0.717, 1.165) is 41.7 Å².